The number of hydrogen-bond acceptors (Lipinski definition) is 6. The van der Waals surface area contributed by atoms with E-state index in [9.17, 15) is 0 Å². The van der Waals surface area contributed by atoms with Crippen molar-refractivity contribution in [2.24, 2.45) is 11.1 Å². The summed E-state index contributed by atoms with van der Waals surface area (Å²) < 4.78 is 17.6. The monoisotopic (exact) mass is 395 g/mol. The van der Waals surface area contributed by atoms with E-state index in [4.69, 9.17) is 31.4 Å². The third-order valence-corrected chi connectivity index (χ3v) is 4.04. The Morgan fingerprint density at radius 3 is 1.79 bits per heavy atom. The van der Waals surface area contributed by atoms with Crippen molar-refractivity contribution in [3.8, 4) is 11.5 Å². The minimum absolute atomic E-state index is 0.355. The van der Waals surface area contributed by atoms with Gasteiger partial charge in [0.05, 0.1) is 29.7 Å². The average molecular weight is 396 g/mol. The Morgan fingerprint density at radius 1 is 0.759 bits per heavy atom. The fourth-order valence-corrected chi connectivity index (χ4v) is 2.40. The molecule has 0 aliphatic heterocycles. The summed E-state index contributed by atoms with van der Waals surface area (Å²) in [4.78, 5) is 0. The summed E-state index contributed by atoms with van der Waals surface area (Å²) >= 11 is 0. The second kappa shape index (κ2) is 11.3. The van der Waals surface area contributed by atoms with Crippen LogP contribution in [-0.4, -0.2) is 19.8 Å². The van der Waals surface area contributed by atoms with Crippen molar-refractivity contribution < 1.29 is 14.2 Å². The number of allylic oxidation sites excluding steroid dienone is 4. The first-order chi connectivity index (χ1) is 14.0. The SMILES string of the molecule is CC(CO/C=C/C=C\C=C\N)(COc1ccccc1N)COc1ccccc1N. The highest BCUT2D eigenvalue weighted by atomic mass is 16.5. The highest BCUT2D eigenvalue weighted by Crippen LogP contribution is 2.27. The molecule has 0 aliphatic rings. The van der Waals surface area contributed by atoms with E-state index >= 15 is 0 Å². The Hall–Kier alpha value is -3.54. The maximum absolute atomic E-state index is 5.98. The van der Waals surface area contributed by atoms with Crippen molar-refractivity contribution in [3.63, 3.8) is 0 Å². The molecule has 6 heteroatoms. The standard InChI is InChI=1S/C23H29N3O3/c1-23(16-27-15-9-3-2-8-14-24,17-28-21-12-6-4-10-19(21)25)18-29-22-13-7-5-11-20(22)26/h2-15H,16-18,24-26H2,1H3/b3-2-,14-8+,15-9+. The summed E-state index contributed by atoms with van der Waals surface area (Å²) in [5, 5.41) is 0. The van der Waals surface area contributed by atoms with Gasteiger partial charge in [-0.3, -0.25) is 0 Å². The van der Waals surface area contributed by atoms with Crippen molar-refractivity contribution >= 4 is 11.4 Å². The molecule has 0 fully saturated rings. The fraction of sp³-hybridized carbons (Fsp3) is 0.217. The van der Waals surface area contributed by atoms with Crippen LogP contribution in [0.5, 0.6) is 11.5 Å². The first-order valence-corrected chi connectivity index (χ1v) is 9.30. The number of anilines is 2. The summed E-state index contributed by atoms with van der Waals surface area (Å²) in [5.41, 5.74) is 18.0. The molecule has 0 aromatic heterocycles. The van der Waals surface area contributed by atoms with E-state index in [1.165, 1.54) is 6.20 Å². The van der Waals surface area contributed by atoms with Crippen molar-refractivity contribution in [1.29, 1.82) is 0 Å². The third-order valence-electron chi connectivity index (χ3n) is 4.04. The summed E-state index contributed by atoms with van der Waals surface area (Å²) in [5.74, 6) is 1.26. The molecule has 0 radical (unpaired) electrons. The van der Waals surface area contributed by atoms with Crippen LogP contribution in [0.1, 0.15) is 6.92 Å². The number of ether oxygens (including phenoxy) is 3. The molecule has 0 heterocycles. The van der Waals surface area contributed by atoms with Crippen molar-refractivity contribution in [2.45, 2.75) is 6.92 Å². The average Bonchev–Trinajstić information content (AvgIpc) is 2.72. The first-order valence-electron chi connectivity index (χ1n) is 9.30. The van der Waals surface area contributed by atoms with Gasteiger partial charge < -0.3 is 31.4 Å². The van der Waals surface area contributed by atoms with E-state index in [2.05, 4.69) is 0 Å². The van der Waals surface area contributed by atoms with Gasteiger partial charge in [0.2, 0.25) is 0 Å². The van der Waals surface area contributed by atoms with Gasteiger partial charge in [-0.25, -0.2) is 0 Å². The molecular weight excluding hydrogens is 366 g/mol. The third kappa shape index (κ3) is 7.54. The van der Waals surface area contributed by atoms with Crippen LogP contribution in [-0.2, 0) is 4.74 Å². The van der Waals surface area contributed by atoms with Crippen LogP contribution in [0.25, 0.3) is 0 Å². The van der Waals surface area contributed by atoms with Gasteiger partial charge in [0.15, 0.2) is 0 Å². The highest BCUT2D eigenvalue weighted by molar-refractivity contribution is 5.52. The number of rotatable bonds is 11. The number of nitrogen functional groups attached to an aromatic ring is 2. The number of para-hydroxylation sites is 4. The Labute approximate surface area is 172 Å². The lowest BCUT2D eigenvalue weighted by atomic mass is 9.94. The molecule has 0 spiro atoms. The van der Waals surface area contributed by atoms with Gasteiger partial charge in [-0.15, -0.1) is 0 Å². The Morgan fingerprint density at radius 2 is 1.28 bits per heavy atom. The largest absolute Gasteiger partial charge is 0.500 e. The van der Waals surface area contributed by atoms with Gasteiger partial charge in [0.25, 0.3) is 0 Å². The Kier molecular flexibility index (Phi) is 8.51. The van der Waals surface area contributed by atoms with Gasteiger partial charge in [-0.05, 0) is 49.5 Å². The quantitative estimate of drug-likeness (QED) is 0.303. The molecule has 0 amide bonds. The molecule has 0 atom stereocenters. The van der Waals surface area contributed by atoms with Crippen LogP contribution in [0.4, 0.5) is 11.4 Å². The second-order valence-electron chi connectivity index (χ2n) is 6.87. The molecule has 154 valence electrons. The highest BCUT2D eigenvalue weighted by Gasteiger charge is 2.28. The molecule has 2 aromatic rings. The van der Waals surface area contributed by atoms with Crippen molar-refractivity contribution in [3.05, 3.63) is 85.3 Å². The van der Waals surface area contributed by atoms with Gasteiger partial charge in [0.1, 0.15) is 24.7 Å². The van der Waals surface area contributed by atoms with Gasteiger partial charge in [-0.2, -0.15) is 0 Å². The van der Waals surface area contributed by atoms with Gasteiger partial charge in [-0.1, -0.05) is 36.4 Å². The summed E-state index contributed by atoms with van der Waals surface area (Å²) in [6.07, 6.45) is 10.2. The molecule has 0 saturated carbocycles. The lowest BCUT2D eigenvalue weighted by molar-refractivity contribution is 0.0311. The molecule has 6 N–H and O–H groups in total. The van der Waals surface area contributed by atoms with E-state index in [1.807, 2.05) is 55.5 Å². The molecule has 6 nitrogen and oxygen atoms in total. The van der Waals surface area contributed by atoms with Crippen LogP contribution < -0.4 is 26.7 Å². The van der Waals surface area contributed by atoms with Crippen molar-refractivity contribution in [1.82, 2.24) is 0 Å². The molecule has 0 aliphatic carbocycles. The van der Waals surface area contributed by atoms with E-state index in [-0.39, 0.29) is 0 Å². The summed E-state index contributed by atoms with van der Waals surface area (Å²) in [6, 6.07) is 14.8. The summed E-state index contributed by atoms with van der Waals surface area (Å²) in [6.45, 7) is 3.11. The van der Waals surface area contributed by atoms with E-state index in [0.717, 1.165) is 0 Å². The van der Waals surface area contributed by atoms with Crippen LogP contribution in [0, 0.1) is 5.41 Å². The lowest BCUT2D eigenvalue weighted by Gasteiger charge is -2.29. The van der Waals surface area contributed by atoms with E-state index < -0.39 is 5.41 Å². The maximum Gasteiger partial charge on any atom is 0.142 e. The van der Waals surface area contributed by atoms with Gasteiger partial charge in [0, 0.05) is 0 Å². The Bertz CT molecular complexity index is 797. The van der Waals surface area contributed by atoms with Crippen LogP contribution in [0.15, 0.2) is 85.3 Å². The maximum atomic E-state index is 5.98. The molecule has 2 aromatic carbocycles. The molecular formula is C23H29N3O3. The van der Waals surface area contributed by atoms with Crippen LogP contribution in [0.3, 0.4) is 0 Å². The zero-order chi connectivity index (χ0) is 21.0. The minimum Gasteiger partial charge on any atom is -0.500 e. The topological polar surface area (TPSA) is 106 Å². The van der Waals surface area contributed by atoms with Crippen LogP contribution in [0.2, 0.25) is 0 Å². The predicted octanol–water partition coefficient (Wildman–Crippen LogP) is 3.87. The molecule has 2 rings (SSSR count). The number of nitrogens with two attached hydrogens (primary N) is 3. The smallest absolute Gasteiger partial charge is 0.142 e. The normalized spacial score (nSPS) is 12.0. The second-order valence-corrected chi connectivity index (χ2v) is 6.87. The first kappa shape index (κ1) is 21.8. The molecule has 0 unspecified atom stereocenters. The molecule has 0 saturated heterocycles. The zero-order valence-electron chi connectivity index (χ0n) is 16.7. The molecule has 0 bridgehead atoms. The predicted molar refractivity (Wildman–Crippen MR) is 118 cm³/mol. The minimum atomic E-state index is -0.449. The van der Waals surface area contributed by atoms with Crippen LogP contribution >= 0.6 is 0 Å². The number of hydrogen-bond donors (Lipinski definition) is 3. The number of benzene rings is 2. The molecule has 29 heavy (non-hydrogen) atoms. The van der Waals surface area contributed by atoms with E-state index in [0.29, 0.717) is 42.7 Å². The lowest BCUT2D eigenvalue weighted by Crippen LogP contribution is -2.36. The fourth-order valence-electron chi connectivity index (χ4n) is 2.40. The summed E-state index contributed by atoms with van der Waals surface area (Å²) in [7, 11) is 0. The zero-order valence-corrected chi connectivity index (χ0v) is 16.7. The van der Waals surface area contributed by atoms with E-state index in [1.54, 1.807) is 30.5 Å². The Balaban J connectivity index is 2.02. The van der Waals surface area contributed by atoms with Crippen molar-refractivity contribution in [2.75, 3.05) is 31.3 Å². The van der Waals surface area contributed by atoms with Gasteiger partial charge >= 0.3 is 0 Å².